The van der Waals surface area contributed by atoms with E-state index in [1.807, 2.05) is 0 Å². The monoisotopic (exact) mass is 394 g/mol. The largest absolute Gasteiger partial charge is 0.488 e. The van der Waals surface area contributed by atoms with E-state index in [9.17, 15) is 18.0 Å². The molecular weight excluding hydrogens is 369 g/mol. The van der Waals surface area contributed by atoms with Crippen molar-refractivity contribution in [1.29, 1.82) is 0 Å². The van der Waals surface area contributed by atoms with Crippen molar-refractivity contribution in [3.8, 4) is 5.75 Å². The molecule has 1 amide bonds. The fraction of sp³-hybridized carbons (Fsp3) is 0.611. The van der Waals surface area contributed by atoms with Crippen LogP contribution in [0.2, 0.25) is 0 Å². The van der Waals surface area contributed by atoms with Gasteiger partial charge in [0.15, 0.2) is 0 Å². The van der Waals surface area contributed by atoms with Crippen molar-refractivity contribution in [2.75, 3.05) is 0 Å². The molecule has 0 aliphatic heterocycles. The molecule has 1 aromatic carbocycles. The highest BCUT2D eigenvalue weighted by atomic mass is 35.5. The molecule has 8 heteroatoms. The third kappa shape index (κ3) is 6.36. The zero-order valence-corrected chi connectivity index (χ0v) is 16.0. The summed E-state index contributed by atoms with van der Waals surface area (Å²) in [7, 11) is 0. The van der Waals surface area contributed by atoms with Crippen LogP contribution in [0.25, 0.3) is 0 Å². The topological polar surface area (TPSA) is 64.3 Å². The van der Waals surface area contributed by atoms with Gasteiger partial charge in [-0.3, -0.25) is 4.79 Å². The number of hydrogen-bond donors (Lipinski definition) is 2. The summed E-state index contributed by atoms with van der Waals surface area (Å²) in [5.74, 6) is -0.305. The molecule has 0 spiro atoms. The molecule has 1 aliphatic rings. The molecular formula is C18H26ClF3N2O2. The van der Waals surface area contributed by atoms with Gasteiger partial charge in [0.2, 0.25) is 5.91 Å². The van der Waals surface area contributed by atoms with Crippen LogP contribution < -0.4 is 15.8 Å². The van der Waals surface area contributed by atoms with E-state index in [1.165, 1.54) is 12.1 Å². The second kappa shape index (κ2) is 8.48. The third-order valence-corrected chi connectivity index (χ3v) is 4.11. The maximum atomic E-state index is 13.4. The highest BCUT2D eigenvalue weighted by Crippen LogP contribution is 2.35. The summed E-state index contributed by atoms with van der Waals surface area (Å²) in [4.78, 5) is 12.1. The molecule has 4 nitrogen and oxygen atoms in total. The van der Waals surface area contributed by atoms with Gasteiger partial charge in [0, 0.05) is 18.5 Å². The lowest BCUT2D eigenvalue weighted by Gasteiger charge is -2.23. The maximum Gasteiger partial charge on any atom is 0.416 e. The highest BCUT2D eigenvalue weighted by molar-refractivity contribution is 5.85. The molecule has 1 aromatic rings. The van der Waals surface area contributed by atoms with Crippen molar-refractivity contribution >= 4 is 18.3 Å². The lowest BCUT2D eigenvalue weighted by molar-refractivity contribution is -0.138. The summed E-state index contributed by atoms with van der Waals surface area (Å²) < 4.78 is 45.6. The number of carbonyl (C=O) groups is 1. The molecule has 0 radical (unpaired) electrons. The smallest absolute Gasteiger partial charge is 0.416 e. The first-order valence-corrected chi connectivity index (χ1v) is 8.38. The van der Waals surface area contributed by atoms with Crippen LogP contribution in [-0.4, -0.2) is 17.6 Å². The predicted molar refractivity (Wildman–Crippen MR) is 96.2 cm³/mol. The Morgan fingerprint density at radius 3 is 2.42 bits per heavy atom. The minimum Gasteiger partial charge on any atom is -0.488 e. The van der Waals surface area contributed by atoms with Crippen molar-refractivity contribution < 1.29 is 22.7 Å². The SMILES string of the molecule is CC(C)(C)Oc1ccc(CNC(=O)C2CCC(N)C2)c(C(F)(F)F)c1.Cl. The van der Waals surface area contributed by atoms with E-state index in [4.69, 9.17) is 10.5 Å². The number of carbonyl (C=O) groups excluding carboxylic acids is 1. The summed E-state index contributed by atoms with van der Waals surface area (Å²) in [6.07, 6.45) is -2.49. The van der Waals surface area contributed by atoms with Gasteiger partial charge in [-0.25, -0.2) is 0 Å². The first kappa shape index (κ1) is 22.6. The Hall–Kier alpha value is -1.47. The van der Waals surface area contributed by atoms with Gasteiger partial charge < -0.3 is 15.8 Å². The van der Waals surface area contributed by atoms with Crippen LogP contribution in [0.3, 0.4) is 0 Å². The number of rotatable bonds is 4. The van der Waals surface area contributed by atoms with Gasteiger partial charge in [-0.1, -0.05) is 6.07 Å². The Kier molecular flexibility index (Phi) is 7.36. The summed E-state index contributed by atoms with van der Waals surface area (Å²) in [5, 5.41) is 2.61. The van der Waals surface area contributed by atoms with Gasteiger partial charge in [-0.15, -0.1) is 12.4 Å². The summed E-state index contributed by atoms with van der Waals surface area (Å²) in [6, 6.07) is 3.83. The third-order valence-electron chi connectivity index (χ3n) is 4.11. The Labute approximate surface area is 158 Å². The van der Waals surface area contributed by atoms with Gasteiger partial charge in [-0.05, 0) is 57.7 Å². The first-order chi connectivity index (χ1) is 11.5. The average molecular weight is 395 g/mol. The van der Waals surface area contributed by atoms with Gasteiger partial charge in [0.05, 0.1) is 5.56 Å². The lowest BCUT2D eigenvalue weighted by atomic mass is 10.0. The van der Waals surface area contributed by atoms with E-state index in [0.29, 0.717) is 12.8 Å². The summed E-state index contributed by atoms with van der Waals surface area (Å²) in [5.41, 5.74) is 4.40. The maximum absolute atomic E-state index is 13.4. The van der Waals surface area contributed by atoms with E-state index in [1.54, 1.807) is 20.8 Å². The molecule has 3 N–H and O–H groups in total. The van der Waals surface area contributed by atoms with Crippen LogP contribution in [0.5, 0.6) is 5.75 Å². The number of hydrogen-bond acceptors (Lipinski definition) is 3. The minimum absolute atomic E-state index is 0. The molecule has 1 aliphatic carbocycles. The van der Waals surface area contributed by atoms with Crippen LogP contribution in [0.1, 0.15) is 51.2 Å². The van der Waals surface area contributed by atoms with Crippen molar-refractivity contribution in [3.63, 3.8) is 0 Å². The average Bonchev–Trinajstić information content (AvgIpc) is 2.89. The molecule has 0 heterocycles. The summed E-state index contributed by atoms with van der Waals surface area (Å²) >= 11 is 0. The predicted octanol–water partition coefficient (Wildman–Crippen LogP) is 4.05. The van der Waals surface area contributed by atoms with E-state index >= 15 is 0 Å². The van der Waals surface area contributed by atoms with E-state index in [-0.39, 0.29) is 48.1 Å². The molecule has 0 aromatic heterocycles. The van der Waals surface area contributed by atoms with E-state index in [2.05, 4.69) is 5.32 Å². The number of alkyl halides is 3. The molecule has 0 saturated heterocycles. The molecule has 26 heavy (non-hydrogen) atoms. The second-order valence-electron chi connectivity index (χ2n) is 7.52. The zero-order valence-electron chi connectivity index (χ0n) is 15.2. The van der Waals surface area contributed by atoms with Crippen molar-refractivity contribution in [2.45, 2.75) is 64.4 Å². The highest BCUT2D eigenvalue weighted by Gasteiger charge is 2.34. The minimum atomic E-state index is -4.52. The number of nitrogens with two attached hydrogens (primary N) is 1. The van der Waals surface area contributed by atoms with Gasteiger partial charge in [0.1, 0.15) is 11.4 Å². The van der Waals surface area contributed by atoms with Crippen molar-refractivity contribution in [2.24, 2.45) is 11.7 Å². The fourth-order valence-electron chi connectivity index (χ4n) is 2.97. The number of nitrogens with one attached hydrogen (secondary N) is 1. The molecule has 148 valence electrons. The quantitative estimate of drug-likeness (QED) is 0.809. The van der Waals surface area contributed by atoms with Crippen LogP contribution in [0.15, 0.2) is 18.2 Å². The van der Waals surface area contributed by atoms with Crippen LogP contribution in [-0.2, 0) is 17.5 Å². The number of amides is 1. The Balaban J connectivity index is 0.00000338. The normalized spacial score (nSPS) is 20.4. The van der Waals surface area contributed by atoms with Gasteiger partial charge in [0.25, 0.3) is 0 Å². The Bertz CT molecular complexity index is 630. The fourth-order valence-corrected chi connectivity index (χ4v) is 2.97. The standard InChI is InChI=1S/C18H25F3N2O2.ClH/c1-17(2,3)25-14-7-5-12(15(9-14)18(19,20)21)10-23-16(24)11-4-6-13(22)8-11;/h5,7,9,11,13H,4,6,8,10,22H2,1-3H3,(H,23,24);1H. The first-order valence-electron chi connectivity index (χ1n) is 8.38. The molecule has 1 saturated carbocycles. The lowest BCUT2D eigenvalue weighted by Crippen LogP contribution is -2.30. The Morgan fingerprint density at radius 1 is 1.27 bits per heavy atom. The van der Waals surface area contributed by atoms with Crippen molar-refractivity contribution in [1.82, 2.24) is 5.32 Å². The number of benzene rings is 1. The van der Waals surface area contributed by atoms with E-state index in [0.717, 1.165) is 12.5 Å². The zero-order chi connectivity index (χ0) is 18.8. The number of halogens is 4. The van der Waals surface area contributed by atoms with Crippen LogP contribution in [0, 0.1) is 5.92 Å². The van der Waals surface area contributed by atoms with Gasteiger partial charge in [-0.2, -0.15) is 13.2 Å². The van der Waals surface area contributed by atoms with Crippen LogP contribution >= 0.6 is 12.4 Å². The second-order valence-corrected chi connectivity index (χ2v) is 7.52. The number of ether oxygens (including phenoxy) is 1. The Morgan fingerprint density at radius 2 is 1.92 bits per heavy atom. The molecule has 2 unspecified atom stereocenters. The summed E-state index contributed by atoms with van der Waals surface area (Å²) in [6.45, 7) is 5.12. The van der Waals surface area contributed by atoms with Gasteiger partial charge >= 0.3 is 6.18 Å². The molecule has 2 atom stereocenters. The van der Waals surface area contributed by atoms with Crippen molar-refractivity contribution in [3.05, 3.63) is 29.3 Å². The van der Waals surface area contributed by atoms with Crippen LogP contribution in [0.4, 0.5) is 13.2 Å². The molecule has 0 bridgehead atoms. The molecule has 1 fully saturated rings. The van der Waals surface area contributed by atoms with E-state index < -0.39 is 17.3 Å². The molecule has 2 rings (SSSR count).